The monoisotopic (exact) mass is 444 g/mol. The van der Waals surface area contributed by atoms with Crippen LogP contribution in [0.3, 0.4) is 0 Å². The lowest BCUT2D eigenvalue weighted by Gasteiger charge is -2.11. The fraction of sp³-hybridized carbons (Fsp3) is 0.188. The van der Waals surface area contributed by atoms with Crippen LogP contribution in [0.25, 0.3) is 10.2 Å². The molecule has 1 heterocycles. The van der Waals surface area contributed by atoms with Crippen LogP contribution in [-0.4, -0.2) is 37.7 Å². The van der Waals surface area contributed by atoms with Crippen LogP contribution in [0.5, 0.6) is 5.75 Å². The molecule has 0 amide bonds. The van der Waals surface area contributed by atoms with Crippen LogP contribution in [0.2, 0.25) is 0 Å². The summed E-state index contributed by atoms with van der Waals surface area (Å²) in [6.45, 7) is 1.89. The zero-order valence-electron chi connectivity index (χ0n) is 14.5. The van der Waals surface area contributed by atoms with Gasteiger partial charge in [0, 0.05) is 5.69 Å². The van der Waals surface area contributed by atoms with Crippen molar-refractivity contribution in [1.29, 1.82) is 0 Å². The molecule has 0 radical (unpaired) electrons. The Labute approximate surface area is 165 Å². The van der Waals surface area contributed by atoms with Gasteiger partial charge in [-0.3, -0.25) is 9.11 Å². The molecular formula is C16H16N2O7S3. The highest BCUT2D eigenvalue weighted by Crippen LogP contribution is 2.27. The van der Waals surface area contributed by atoms with E-state index in [-0.39, 0.29) is 12.4 Å². The molecule has 28 heavy (non-hydrogen) atoms. The van der Waals surface area contributed by atoms with Crippen LogP contribution in [0, 0.1) is 0 Å². The summed E-state index contributed by atoms with van der Waals surface area (Å²) in [5, 5.41) is 3.70. The topological polar surface area (TPSA) is 143 Å². The minimum absolute atomic E-state index is 0.0230. The van der Waals surface area contributed by atoms with Gasteiger partial charge in [-0.05, 0) is 42.8 Å². The van der Waals surface area contributed by atoms with Crippen molar-refractivity contribution in [2.24, 2.45) is 0 Å². The van der Waals surface area contributed by atoms with Crippen molar-refractivity contribution in [2.75, 3.05) is 12.0 Å². The maximum absolute atomic E-state index is 11.3. The van der Waals surface area contributed by atoms with Crippen LogP contribution < -0.4 is 10.1 Å². The Morgan fingerprint density at radius 2 is 1.68 bits per heavy atom. The minimum Gasteiger partial charge on any atom is -0.473 e. The Morgan fingerprint density at radius 1 is 1.04 bits per heavy atom. The van der Waals surface area contributed by atoms with Crippen LogP contribution >= 0.6 is 11.3 Å². The number of fused-ring (bicyclic) bond motifs is 1. The largest absolute Gasteiger partial charge is 0.473 e. The zero-order chi connectivity index (χ0) is 20.5. The number of thiazole rings is 1. The van der Waals surface area contributed by atoms with Gasteiger partial charge < -0.3 is 10.1 Å². The second-order valence-electron chi connectivity index (χ2n) is 5.70. The number of hydrogen-bond acceptors (Lipinski definition) is 8. The van der Waals surface area contributed by atoms with E-state index >= 15 is 0 Å². The molecule has 3 aromatic rings. The summed E-state index contributed by atoms with van der Waals surface area (Å²) in [6, 6.07) is 8.05. The van der Waals surface area contributed by atoms with Gasteiger partial charge in [0.05, 0.1) is 25.0 Å². The predicted molar refractivity (Wildman–Crippen MR) is 104 cm³/mol. The number of nitrogens with zero attached hydrogens (tertiary/aromatic N) is 1. The summed E-state index contributed by atoms with van der Waals surface area (Å²) in [5.41, 5.74) is 0.885. The number of aromatic nitrogens is 1. The van der Waals surface area contributed by atoms with Gasteiger partial charge in [0.2, 0.25) is 0 Å². The first-order chi connectivity index (χ1) is 13.1. The molecule has 0 aliphatic rings. The quantitative estimate of drug-likeness (QED) is 0.370. The fourth-order valence-electron chi connectivity index (χ4n) is 2.37. The first-order valence-electron chi connectivity index (χ1n) is 7.92. The van der Waals surface area contributed by atoms with Gasteiger partial charge in [0.1, 0.15) is 5.75 Å². The predicted octanol–water partition coefficient (Wildman–Crippen LogP) is 2.80. The minimum atomic E-state index is -4.67. The van der Waals surface area contributed by atoms with E-state index in [0.29, 0.717) is 11.8 Å². The van der Waals surface area contributed by atoms with Gasteiger partial charge in [0.15, 0.2) is 6.73 Å². The van der Waals surface area contributed by atoms with E-state index in [9.17, 15) is 16.8 Å². The Kier molecular flexibility index (Phi) is 5.59. The van der Waals surface area contributed by atoms with Gasteiger partial charge in [-0.15, -0.1) is 11.3 Å². The summed E-state index contributed by atoms with van der Waals surface area (Å²) in [7, 11) is -9.34. The van der Waals surface area contributed by atoms with E-state index in [2.05, 4.69) is 10.3 Å². The van der Waals surface area contributed by atoms with Crippen LogP contribution in [-0.2, 0) is 26.7 Å². The lowest BCUT2D eigenvalue weighted by Crippen LogP contribution is -2.11. The second kappa shape index (κ2) is 7.64. The van der Waals surface area contributed by atoms with Crippen molar-refractivity contribution in [3.8, 4) is 5.75 Å². The molecule has 3 N–H and O–H groups in total. The van der Waals surface area contributed by atoms with Crippen LogP contribution in [0.15, 0.2) is 46.2 Å². The molecule has 0 saturated carbocycles. The van der Waals surface area contributed by atoms with E-state index in [1.807, 2.05) is 19.1 Å². The number of nitrogens with one attached hydrogen (secondary N) is 1. The molecule has 0 atom stereocenters. The summed E-state index contributed by atoms with van der Waals surface area (Å²) in [4.78, 5) is 3.10. The van der Waals surface area contributed by atoms with Gasteiger partial charge >= 0.3 is 0 Å². The maximum Gasteiger partial charge on any atom is 0.294 e. The lowest BCUT2D eigenvalue weighted by atomic mass is 10.3. The Bertz CT molecular complexity index is 1180. The lowest BCUT2D eigenvalue weighted by molar-refractivity contribution is 0.347. The molecule has 0 unspecified atom stereocenters. The van der Waals surface area contributed by atoms with E-state index in [1.165, 1.54) is 0 Å². The molecule has 0 fully saturated rings. The van der Waals surface area contributed by atoms with Crippen LogP contribution in [0.1, 0.15) is 11.9 Å². The molecule has 2 aromatic carbocycles. The molecule has 0 bridgehead atoms. The third-order valence-electron chi connectivity index (χ3n) is 3.70. The Hall–Kier alpha value is -2.25. The average Bonchev–Trinajstić information content (AvgIpc) is 3.02. The molecular weight excluding hydrogens is 428 g/mol. The summed E-state index contributed by atoms with van der Waals surface area (Å²) in [5.74, 6) is 0.534. The van der Waals surface area contributed by atoms with Crippen molar-refractivity contribution < 1.29 is 30.7 Å². The van der Waals surface area contributed by atoms with Gasteiger partial charge in [-0.1, -0.05) is 6.92 Å². The van der Waals surface area contributed by atoms with Crippen molar-refractivity contribution in [1.82, 2.24) is 4.98 Å². The van der Waals surface area contributed by atoms with E-state index in [4.69, 9.17) is 13.8 Å². The fourth-order valence-corrected chi connectivity index (χ4v) is 4.48. The smallest absolute Gasteiger partial charge is 0.294 e. The van der Waals surface area contributed by atoms with Crippen LogP contribution in [0.4, 0.5) is 5.69 Å². The van der Waals surface area contributed by atoms with Gasteiger partial charge in [-0.2, -0.15) is 16.8 Å². The molecule has 0 spiro atoms. The number of benzene rings is 2. The molecule has 0 aliphatic heterocycles. The standard InChI is InChI=1S/C16H16N2O7S3/c1-2-16-18-14-4-3-11(7-15(14)26-16)25-9-17-10-5-12(27(19,20)21)8-13(6-10)28(22,23)24/h3-8,17H,2,9H2,1H3,(H,19,20,21)(H,22,23,24). The van der Waals surface area contributed by atoms with E-state index in [1.54, 1.807) is 17.4 Å². The number of ether oxygens (including phenoxy) is 1. The van der Waals surface area contributed by atoms with E-state index in [0.717, 1.165) is 33.8 Å². The summed E-state index contributed by atoms with van der Waals surface area (Å²) >= 11 is 1.55. The summed E-state index contributed by atoms with van der Waals surface area (Å²) in [6.07, 6.45) is 0.831. The highest BCUT2D eigenvalue weighted by Gasteiger charge is 2.18. The van der Waals surface area contributed by atoms with Crippen molar-refractivity contribution in [3.05, 3.63) is 41.4 Å². The highest BCUT2D eigenvalue weighted by atomic mass is 32.2. The number of aryl methyl sites for hydroxylation is 1. The zero-order valence-corrected chi connectivity index (χ0v) is 16.9. The third-order valence-corrected chi connectivity index (χ3v) is 6.52. The Morgan fingerprint density at radius 3 is 2.25 bits per heavy atom. The van der Waals surface area contributed by atoms with Gasteiger partial charge in [-0.25, -0.2) is 4.98 Å². The molecule has 0 saturated heterocycles. The molecule has 12 heteroatoms. The first-order valence-corrected chi connectivity index (χ1v) is 11.6. The van der Waals surface area contributed by atoms with Crippen molar-refractivity contribution in [3.63, 3.8) is 0 Å². The number of hydrogen-bond donors (Lipinski definition) is 3. The van der Waals surface area contributed by atoms with Gasteiger partial charge in [0.25, 0.3) is 20.2 Å². The molecule has 3 rings (SSSR count). The second-order valence-corrected chi connectivity index (χ2v) is 9.66. The van der Waals surface area contributed by atoms with Crippen molar-refractivity contribution in [2.45, 2.75) is 23.1 Å². The highest BCUT2D eigenvalue weighted by molar-refractivity contribution is 7.86. The number of rotatable bonds is 7. The maximum atomic E-state index is 11.3. The first kappa shape index (κ1) is 20.5. The van der Waals surface area contributed by atoms with E-state index < -0.39 is 30.0 Å². The SMILES string of the molecule is CCc1nc2ccc(OCNc3cc(S(=O)(=O)O)cc(S(=O)(=O)O)c3)cc2s1. The number of anilines is 1. The normalized spacial score (nSPS) is 12.2. The molecule has 1 aromatic heterocycles. The average molecular weight is 445 g/mol. The molecule has 150 valence electrons. The molecule has 9 nitrogen and oxygen atoms in total. The summed E-state index contributed by atoms with van der Waals surface area (Å²) < 4.78 is 70.1. The van der Waals surface area contributed by atoms with Crippen molar-refractivity contribution >= 4 is 47.5 Å². The third kappa shape index (κ3) is 4.77. The Balaban J connectivity index is 1.78. The molecule has 0 aliphatic carbocycles.